The van der Waals surface area contributed by atoms with E-state index < -0.39 is 0 Å². The van der Waals surface area contributed by atoms with Gasteiger partial charge >= 0.3 is 0 Å². The summed E-state index contributed by atoms with van der Waals surface area (Å²) in [5.74, 6) is 0.892. The predicted octanol–water partition coefficient (Wildman–Crippen LogP) is 5.36. The summed E-state index contributed by atoms with van der Waals surface area (Å²) in [6, 6.07) is 16.3. The maximum Gasteiger partial charge on any atom is 0.134 e. The lowest BCUT2D eigenvalue weighted by atomic mass is 10.2. The minimum absolute atomic E-state index is 0.600. The van der Waals surface area contributed by atoms with E-state index in [1.807, 2.05) is 44.2 Å². The van der Waals surface area contributed by atoms with Crippen LogP contribution in [0.25, 0.3) is 0 Å². The third-order valence-corrected chi connectivity index (χ3v) is 2.98. The van der Waals surface area contributed by atoms with E-state index in [1.54, 1.807) is 0 Å². The zero-order chi connectivity index (χ0) is 13.4. The summed E-state index contributed by atoms with van der Waals surface area (Å²) in [6.45, 7) is 6.66. The molecule has 0 unspecified atom stereocenters. The zero-order valence-electron chi connectivity index (χ0n) is 11.1. The quantitative estimate of drug-likeness (QED) is 0.741. The first-order valence-electron chi connectivity index (χ1n) is 6.18. The molecule has 2 heteroatoms. The molecule has 1 nitrogen and oxygen atoms in total. The van der Waals surface area contributed by atoms with Crippen molar-refractivity contribution in [1.82, 2.24) is 0 Å². The molecule has 0 atom stereocenters. The van der Waals surface area contributed by atoms with Gasteiger partial charge in [-0.25, -0.2) is 0 Å². The molecule has 18 heavy (non-hydrogen) atoms. The van der Waals surface area contributed by atoms with Crippen molar-refractivity contribution in [2.45, 2.75) is 27.4 Å². The predicted molar refractivity (Wildman–Crippen MR) is 81.0 cm³/mol. The monoisotopic (exact) mass is 306 g/mol. The first kappa shape index (κ1) is 14.8. The van der Waals surface area contributed by atoms with Crippen LogP contribution in [0, 0.1) is 6.92 Å². The van der Waals surface area contributed by atoms with Crippen molar-refractivity contribution in [1.29, 1.82) is 0 Å². The van der Waals surface area contributed by atoms with E-state index in [-0.39, 0.29) is 0 Å². The van der Waals surface area contributed by atoms with Crippen molar-refractivity contribution in [3.05, 3.63) is 64.1 Å². The van der Waals surface area contributed by atoms with Crippen LogP contribution >= 0.6 is 15.9 Å². The molecule has 0 fully saturated rings. The maximum atomic E-state index is 5.76. The summed E-state index contributed by atoms with van der Waals surface area (Å²) in [5.41, 5.74) is 2.38. The Labute approximate surface area is 118 Å². The highest BCUT2D eigenvalue weighted by Crippen LogP contribution is 2.26. The average Bonchev–Trinajstić information content (AvgIpc) is 2.43. The molecule has 0 heterocycles. The number of hydrogen-bond acceptors (Lipinski definition) is 1. The van der Waals surface area contributed by atoms with Crippen LogP contribution in [-0.4, -0.2) is 0 Å². The second-order valence-electron chi connectivity index (χ2n) is 3.71. The molecule has 0 aliphatic carbocycles. The topological polar surface area (TPSA) is 9.23 Å². The fourth-order valence-electron chi connectivity index (χ4n) is 1.46. The Morgan fingerprint density at radius 1 is 1.00 bits per heavy atom. The number of halogens is 1. The second kappa shape index (κ2) is 7.93. The molecule has 2 rings (SSSR count). The number of hydrogen-bond donors (Lipinski definition) is 0. The molecule has 0 aliphatic rings. The van der Waals surface area contributed by atoms with E-state index in [2.05, 4.69) is 41.1 Å². The SMILES string of the molecule is CC.Cc1ccc(Br)c(OCc2ccccc2)c1. The lowest BCUT2D eigenvalue weighted by Gasteiger charge is -2.08. The Bertz CT molecular complexity index is 466. The Morgan fingerprint density at radius 2 is 1.67 bits per heavy atom. The molecular formula is C16H19BrO. The summed E-state index contributed by atoms with van der Waals surface area (Å²) in [5, 5.41) is 0. The third-order valence-electron chi connectivity index (χ3n) is 2.32. The van der Waals surface area contributed by atoms with E-state index in [0.29, 0.717) is 6.61 Å². The van der Waals surface area contributed by atoms with Gasteiger partial charge in [0.15, 0.2) is 0 Å². The largest absolute Gasteiger partial charge is 0.488 e. The van der Waals surface area contributed by atoms with Gasteiger partial charge in [0.2, 0.25) is 0 Å². The first-order valence-corrected chi connectivity index (χ1v) is 6.98. The molecule has 0 spiro atoms. The summed E-state index contributed by atoms with van der Waals surface area (Å²) >= 11 is 3.48. The molecule has 0 N–H and O–H groups in total. The average molecular weight is 307 g/mol. The van der Waals surface area contributed by atoms with Gasteiger partial charge < -0.3 is 4.74 Å². The fraction of sp³-hybridized carbons (Fsp3) is 0.250. The van der Waals surface area contributed by atoms with Crippen LogP contribution in [0.15, 0.2) is 53.0 Å². The lowest BCUT2D eigenvalue weighted by molar-refractivity contribution is 0.304. The molecular weight excluding hydrogens is 288 g/mol. The summed E-state index contributed by atoms with van der Waals surface area (Å²) in [6.07, 6.45) is 0. The van der Waals surface area contributed by atoms with Crippen molar-refractivity contribution < 1.29 is 4.74 Å². The first-order chi connectivity index (χ1) is 8.75. The van der Waals surface area contributed by atoms with Gasteiger partial charge in [-0.05, 0) is 46.1 Å². The van der Waals surface area contributed by atoms with Crippen molar-refractivity contribution in [3.8, 4) is 5.75 Å². The highest BCUT2D eigenvalue weighted by atomic mass is 79.9. The fourth-order valence-corrected chi connectivity index (χ4v) is 1.82. The standard InChI is InChI=1S/C14H13BrO.C2H6/c1-11-7-8-13(15)14(9-11)16-10-12-5-3-2-4-6-12;1-2/h2-9H,10H2,1H3;1-2H3. The lowest BCUT2D eigenvalue weighted by Crippen LogP contribution is -1.95. The van der Waals surface area contributed by atoms with Crippen LogP contribution in [0.4, 0.5) is 0 Å². The van der Waals surface area contributed by atoms with Crippen LogP contribution in [0.5, 0.6) is 5.75 Å². The van der Waals surface area contributed by atoms with Gasteiger partial charge in [-0.1, -0.05) is 50.2 Å². The van der Waals surface area contributed by atoms with Crippen molar-refractivity contribution >= 4 is 15.9 Å². The Kier molecular flexibility index (Phi) is 6.51. The van der Waals surface area contributed by atoms with Gasteiger partial charge in [0.1, 0.15) is 12.4 Å². The van der Waals surface area contributed by atoms with E-state index in [0.717, 1.165) is 10.2 Å². The number of rotatable bonds is 3. The van der Waals surface area contributed by atoms with Crippen LogP contribution < -0.4 is 4.74 Å². The van der Waals surface area contributed by atoms with Gasteiger partial charge in [0, 0.05) is 0 Å². The van der Waals surface area contributed by atoms with Gasteiger partial charge in [0.25, 0.3) is 0 Å². The molecule has 0 bridgehead atoms. The smallest absolute Gasteiger partial charge is 0.134 e. The number of ether oxygens (including phenoxy) is 1. The number of aryl methyl sites for hydroxylation is 1. The third kappa shape index (κ3) is 4.53. The molecule has 0 saturated heterocycles. The highest BCUT2D eigenvalue weighted by Gasteiger charge is 2.01. The van der Waals surface area contributed by atoms with Gasteiger partial charge in [-0.2, -0.15) is 0 Å². The zero-order valence-corrected chi connectivity index (χ0v) is 12.7. The van der Waals surface area contributed by atoms with E-state index in [4.69, 9.17) is 4.74 Å². The van der Waals surface area contributed by atoms with Gasteiger partial charge in [-0.3, -0.25) is 0 Å². The van der Waals surface area contributed by atoms with Crippen LogP contribution in [0.1, 0.15) is 25.0 Å². The molecule has 0 aliphatic heterocycles. The second-order valence-corrected chi connectivity index (χ2v) is 4.56. The van der Waals surface area contributed by atoms with Gasteiger partial charge in [-0.15, -0.1) is 0 Å². The van der Waals surface area contributed by atoms with Crippen molar-refractivity contribution in [3.63, 3.8) is 0 Å². The van der Waals surface area contributed by atoms with Crippen LogP contribution in [0.3, 0.4) is 0 Å². The summed E-state index contributed by atoms with van der Waals surface area (Å²) in [7, 11) is 0. The Hall–Kier alpha value is -1.28. The Balaban J connectivity index is 0.000000771. The van der Waals surface area contributed by atoms with E-state index >= 15 is 0 Å². The normalized spacial score (nSPS) is 9.33. The number of benzene rings is 2. The molecule has 0 radical (unpaired) electrons. The molecule has 2 aromatic rings. The van der Waals surface area contributed by atoms with Crippen molar-refractivity contribution in [2.24, 2.45) is 0 Å². The minimum Gasteiger partial charge on any atom is -0.488 e. The van der Waals surface area contributed by atoms with E-state index in [1.165, 1.54) is 11.1 Å². The maximum absolute atomic E-state index is 5.76. The molecule has 96 valence electrons. The highest BCUT2D eigenvalue weighted by molar-refractivity contribution is 9.10. The molecule has 0 saturated carbocycles. The van der Waals surface area contributed by atoms with Crippen LogP contribution in [-0.2, 0) is 6.61 Å². The van der Waals surface area contributed by atoms with E-state index in [9.17, 15) is 0 Å². The minimum atomic E-state index is 0.600. The summed E-state index contributed by atoms with van der Waals surface area (Å²) in [4.78, 5) is 0. The van der Waals surface area contributed by atoms with Crippen molar-refractivity contribution in [2.75, 3.05) is 0 Å². The molecule has 2 aromatic carbocycles. The Morgan fingerprint density at radius 3 is 2.33 bits per heavy atom. The van der Waals surface area contributed by atoms with Crippen LogP contribution in [0.2, 0.25) is 0 Å². The summed E-state index contributed by atoms with van der Waals surface area (Å²) < 4.78 is 6.75. The molecule has 0 amide bonds. The molecule has 0 aromatic heterocycles. The van der Waals surface area contributed by atoms with Gasteiger partial charge in [0.05, 0.1) is 4.47 Å².